The van der Waals surface area contributed by atoms with Crippen LogP contribution in [0, 0.1) is 5.41 Å². The maximum absolute atomic E-state index is 11.8. The van der Waals surface area contributed by atoms with Crippen molar-refractivity contribution in [3.8, 4) is 0 Å². The topological polar surface area (TPSA) is 72.8 Å². The van der Waals surface area contributed by atoms with Gasteiger partial charge in [-0.05, 0) is 0 Å². The minimum atomic E-state index is -0.520. The van der Waals surface area contributed by atoms with Crippen LogP contribution in [0.15, 0.2) is 34.9 Å². The highest BCUT2D eigenvalue weighted by Gasteiger charge is 2.08. The van der Waals surface area contributed by atoms with Crippen LogP contribution in [0.5, 0.6) is 0 Å². The predicted molar refractivity (Wildman–Crippen MR) is 60.2 cm³/mol. The van der Waals surface area contributed by atoms with Gasteiger partial charge in [0, 0.05) is 13.6 Å². The van der Waals surface area contributed by atoms with Gasteiger partial charge in [0.25, 0.3) is 0 Å². The molecule has 0 aliphatic carbocycles. The van der Waals surface area contributed by atoms with E-state index >= 15 is 0 Å². The molecule has 0 saturated carbocycles. The average Bonchev–Trinajstić information content (AvgIpc) is 2.28. The number of aromatic nitrogens is 3. The largest absolute Gasteiger partial charge is 0.335 e. The summed E-state index contributed by atoms with van der Waals surface area (Å²) in [6, 6.07) is 0. The van der Waals surface area contributed by atoms with Crippen LogP contribution in [-0.2, 0) is 20.1 Å². The van der Waals surface area contributed by atoms with Crippen LogP contribution < -0.4 is 17.0 Å². The van der Waals surface area contributed by atoms with E-state index in [0.29, 0.717) is 0 Å². The van der Waals surface area contributed by atoms with Crippen molar-refractivity contribution in [2.24, 2.45) is 7.05 Å². The van der Waals surface area contributed by atoms with Gasteiger partial charge in [-0.25, -0.2) is 14.2 Å². The third kappa shape index (κ3) is 1.81. The summed E-state index contributed by atoms with van der Waals surface area (Å²) in [6.45, 7) is 7.31. The maximum atomic E-state index is 11.8. The zero-order chi connectivity index (χ0) is 12.3. The molecule has 1 aromatic rings. The van der Waals surface area contributed by atoms with Crippen molar-refractivity contribution in [3.63, 3.8) is 0 Å². The van der Waals surface area contributed by atoms with Crippen LogP contribution in [-0.4, -0.2) is 13.7 Å². The minimum Gasteiger partial charge on any atom is -0.268 e. The zero-order valence-electron chi connectivity index (χ0n) is 9.14. The summed E-state index contributed by atoms with van der Waals surface area (Å²) in [5, 5.41) is 7.65. The van der Waals surface area contributed by atoms with Gasteiger partial charge in [-0.1, -0.05) is 12.2 Å². The molecule has 6 heteroatoms. The highest BCUT2D eigenvalue weighted by molar-refractivity contribution is 4.82. The van der Waals surface area contributed by atoms with Crippen LogP contribution in [0.3, 0.4) is 0 Å². The first-order valence-corrected chi connectivity index (χ1v) is 4.71. The average molecular weight is 222 g/mol. The first-order chi connectivity index (χ1) is 7.54. The Morgan fingerprint density at radius 3 is 2.12 bits per heavy atom. The molecule has 1 N–H and O–H groups in total. The Kier molecular flexibility index (Phi) is 3.44. The maximum Gasteiger partial charge on any atom is 0.335 e. The van der Waals surface area contributed by atoms with Gasteiger partial charge in [0.2, 0.25) is 5.62 Å². The Morgan fingerprint density at radius 1 is 1.12 bits per heavy atom. The minimum absolute atomic E-state index is 0.128. The molecule has 1 heterocycles. The lowest BCUT2D eigenvalue weighted by molar-refractivity contribution is 0.498. The molecule has 0 bridgehead atoms. The number of rotatable bonds is 4. The summed E-state index contributed by atoms with van der Waals surface area (Å²) in [7, 11) is 1.45. The van der Waals surface area contributed by atoms with E-state index in [2.05, 4.69) is 13.2 Å². The first-order valence-electron chi connectivity index (χ1n) is 4.71. The lowest BCUT2D eigenvalue weighted by atomic mass is 10.5. The van der Waals surface area contributed by atoms with Crippen molar-refractivity contribution < 1.29 is 0 Å². The van der Waals surface area contributed by atoms with E-state index in [-0.39, 0.29) is 18.7 Å². The van der Waals surface area contributed by atoms with Crippen molar-refractivity contribution in [2.75, 3.05) is 0 Å². The SMILES string of the molecule is C=CCn1c(=N)n(C)c(=O)n(CC=C)c1=O. The highest BCUT2D eigenvalue weighted by atomic mass is 16.2. The van der Waals surface area contributed by atoms with E-state index in [1.54, 1.807) is 0 Å². The molecular weight excluding hydrogens is 208 g/mol. The van der Waals surface area contributed by atoms with Gasteiger partial charge < -0.3 is 0 Å². The molecule has 0 aliphatic rings. The van der Waals surface area contributed by atoms with E-state index in [4.69, 9.17) is 5.41 Å². The molecule has 0 atom stereocenters. The fourth-order valence-electron chi connectivity index (χ4n) is 1.35. The summed E-state index contributed by atoms with van der Waals surface area (Å²) in [5.41, 5.74) is -1.18. The molecule has 0 aromatic carbocycles. The molecule has 1 aromatic heterocycles. The molecule has 0 unspecified atom stereocenters. The summed E-state index contributed by atoms with van der Waals surface area (Å²) < 4.78 is 3.29. The quantitative estimate of drug-likeness (QED) is 0.677. The summed E-state index contributed by atoms with van der Waals surface area (Å²) >= 11 is 0. The normalized spacial score (nSPS) is 10.1. The lowest BCUT2D eigenvalue weighted by Gasteiger charge is -2.10. The highest BCUT2D eigenvalue weighted by Crippen LogP contribution is 1.75. The van der Waals surface area contributed by atoms with Crippen LogP contribution in [0.25, 0.3) is 0 Å². The van der Waals surface area contributed by atoms with E-state index in [0.717, 1.165) is 13.7 Å². The molecule has 1 rings (SSSR count). The van der Waals surface area contributed by atoms with E-state index in [1.807, 2.05) is 0 Å². The molecule has 6 nitrogen and oxygen atoms in total. The Morgan fingerprint density at radius 2 is 1.62 bits per heavy atom. The molecule has 0 spiro atoms. The van der Waals surface area contributed by atoms with E-state index < -0.39 is 11.4 Å². The van der Waals surface area contributed by atoms with Gasteiger partial charge in [-0.2, -0.15) is 0 Å². The van der Waals surface area contributed by atoms with Crippen molar-refractivity contribution in [1.29, 1.82) is 5.41 Å². The van der Waals surface area contributed by atoms with Crippen LogP contribution >= 0.6 is 0 Å². The van der Waals surface area contributed by atoms with Gasteiger partial charge >= 0.3 is 11.4 Å². The van der Waals surface area contributed by atoms with E-state index in [1.165, 1.54) is 19.2 Å². The number of nitrogens with zero attached hydrogens (tertiary/aromatic N) is 3. The number of nitrogens with one attached hydrogen (secondary N) is 1. The van der Waals surface area contributed by atoms with Gasteiger partial charge in [0.15, 0.2) is 0 Å². The standard InChI is InChI=1S/C10H14N4O2/c1-4-6-13-8(11)12(3)9(15)14(7-5-2)10(13)16/h4-5,11H,1-2,6-7H2,3H3. The third-order valence-corrected chi connectivity index (χ3v) is 2.18. The van der Waals surface area contributed by atoms with Gasteiger partial charge in [-0.15, -0.1) is 13.2 Å². The fourth-order valence-corrected chi connectivity index (χ4v) is 1.35. The van der Waals surface area contributed by atoms with Crippen molar-refractivity contribution >= 4 is 0 Å². The predicted octanol–water partition coefficient (Wildman–Crippen LogP) is -0.800. The van der Waals surface area contributed by atoms with Crippen LogP contribution in [0.2, 0.25) is 0 Å². The van der Waals surface area contributed by atoms with Crippen LogP contribution in [0.1, 0.15) is 0 Å². The number of allylic oxidation sites excluding steroid dienone is 2. The van der Waals surface area contributed by atoms with Gasteiger partial charge in [0.05, 0.1) is 6.54 Å². The molecule has 86 valence electrons. The summed E-state index contributed by atoms with van der Waals surface area (Å²) in [4.78, 5) is 23.5. The number of hydrogen-bond donors (Lipinski definition) is 1. The smallest absolute Gasteiger partial charge is 0.268 e. The molecule has 0 amide bonds. The second kappa shape index (κ2) is 4.61. The van der Waals surface area contributed by atoms with Crippen LogP contribution in [0.4, 0.5) is 0 Å². The Hall–Kier alpha value is -2.11. The third-order valence-electron chi connectivity index (χ3n) is 2.18. The molecule has 0 aliphatic heterocycles. The summed E-state index contributed by atoms with van der Waals surface area (Å²) in [6.07, 6.45) is 2.97. The summed E-state index contributed by atoms with van der Waals surface area (Å²) in [5.74, 6) is 0. The second-order valence-corrected chi connectivity index (χ2v) is 3.25. The molecule has 16 heavy (non-hydrogen) atoms. The zero-order valence-corrected chi connectivity index (χ0v) is 9.14. The van der Waals surface area contributed by atoms with Gasteiger partial charge in [-0.3, -0.25) is 14.5 Å². The van der Waals surface area contributed by atoms with E-state index in [9.17, 15) is 9.59 Å². The van der Waals surface area contributed by atoms with Gasteiger partial charge in [0.1, 0.15) is 0 Å². The molecular formula is C10H14N4O2. The Bertz CT molecular complexity index is 540. The van der Waals surface area contributed by atoms with Crippen molar-refractivity contribution in [3.05, 3.63) is 51.9 Å². The Labute approximate surface area is 91.9 Å². The second-order valence-electron chi connectivity index (χ2n) is 3.25. The van der Waals surface area contributed by atoms with Crippen molar-refractivity contribution in [2.45, 2.75) is 13.1 Å². The monoisotopic (exact) mass is 222 g/mol. The molecule has 0 fully saturated rings. The molecule has 0 radical (unpaired) electrons. The fraction of sp³-hybridized carbons (Fsp3) is 0.300. The van der Waals surface area contributed by atoms with Crippen molar-refractivity contribution in [1.82, 2.24) is 13.7 Å². The molecule has 0 saturated heterocycles. The Balaban J connectivity index is 3.72. The first kappa shape index (κ1) is 12.0. The number of hydrogen-bond acceptors (Lipinski definition) is 3. The lowest BCUT2D eigenvalue weighted by Crippen LogP contribution is -2.53.